The highest BCUT2D eigenvalue weighted by atomic mass is 32.2. The van der Waals surface area contributed by atoms with Gasteiger partial charge in [0.15, 0.2) is 0 Å². The van der Waals surface area contributed by atoms with E-state index >= 15 is 0 Å². The molecule has 2 heterocycles. The number of rotatable bonds is 16. The second-order valence-corrected chi connectivity index (χ2v) is 12.7. The molecule has 2 amide bonds. The Labute approximate surface area is 249 Å². The summed E-state index contributed by atoms with van der Waals surface area (Å²) in [5, 5.41) is 4.21. The highest BCUT2D eigenvalue weighted by molar-refractivity contribution is 7.99. The molecule has 0 bridgehead atoms. The van der Waals surface area contributed by atoms with Gasteiger partial charge >= 0.3 is 0 Å². The molecule has 1 saturated heterocycles. The van der Waals surface area contributed by atoms with E-state index in [0.717, 1.165) is 30.6 Å². The minimum absolute atomic E-state index is 0.0343. The predicted molar refractivity (Wildman–Crippen MR) is 170 cm³/mol. The van der Waals surface area contributed by atoms with E-state index in [9.17, 15) is 9.59 Å². The molecular formula is C34H44N2O2S2. The van der Waals surface area contributed by atoms with Crippen molar-refractivity contribution in [1.82, 2.24) is 9.80 Å². The van der Waals surface area contributed by atoms with Crippen molar-refractivity contribution in [1.29, 1.82) is 0 Å². The molecule has 0 radical (unpaired) electrons. The van der Waals surface area contributed by atoms with E-state index in [1.807, 2.05) is 58.3 Å². The van der Waals surface area contributed by atoms with Crippen LogP contribution in [0.1, 0.15) is 91.6 Å². The average molecular weight is 577 g/mol. The van der Waals surface area contributed by atoms with Crippen LogP contribution in [0.25, 0.3) is 0 Å². The van der Waals surface area contributed by atoms with E-state index in [1.54, 1.807) is 23.1 Å². The Kier molecular flexibility index (Phi) is 12.6. The molecule has 0 N–H and O–H groups in total. The smallest absolute Gasteiger partial charge is 0.255 e. The molecule has 0 spiro atoms. The molecule has 4 nitrogen and oxygen atoms in total. The van der Waals surface area contributed by atoms with Crippen LogP contribution in [0.15, 0.2) is 77.5 Å². The van der Waals surface area contributed by atoms with E-state index in [-0.39, 0.29) is 23.2 Å². The SMILES string of the molecule is CCCCCCCCCCC(=O)N(CCc1ccsc1)C[C@@H]1CSC(c2ccccc2)N1C(=O)c1ccccc1. The van der Waals surface area contributed by atoms with E-state index in [0.29, 0.717) is 25.1 Å². The molecule has 1 unspecified atom stereocenters. The molecule has 214 valence electrons. The van der Waals surface area contributed by atoms with Crippen molar-refractivity contribution in [3.05, 3.63) is 94.2 Å². The van der Waals surface area contributed by atoms with E-state index in [1.165, 1.54) is 44.1 Å². The van der Waals surface area contributed by atoms with Gasteiger partial charge in [-0.15, -0.1) is 11.8 Å². The Morgan fingerprint density at radius 2 is 1.55 bits per heavy atom. The fraction of sp³-hybridized carbons (Fsp3) is 0.471. The van der Waals surface area contributed by atoms with Crippen molar-refractivity contribution in [2.24, 2.45) is 0 Å². The minimum Gasteiger partial charge on any atom is -0.340 e. The van der Waals surface area contributed by atoms with Gasteiger partial charge in [-0.3, -0.25) is 9.59 Å². The summed E-state index contributed by atoms with van der Waals surface area (Å²) in [6.45, 7) is 3.52. The van der Waals surface area contributed by atoms with Gasteiger partial charge in [-0.1, -0.05) is 100 Å². The number of benzene rings is 2. The Morgan fingerprint density at radius 1 is 0.875 bits per heavy atom. The topological polar surface area (TPSA) is 40.6 Å². The second-order valence-electron chi connectivity index (χ2n) is 10.8. The van der Waals surface area contributed by atoms with E-state index < -0.39 is 0 Å². The maximum Gasteiger partial charge on any atom is 0.255 e. The fourth-order valence-electron chi connectivity index (χ4n) is 5.41. The molecule has 6 heteroatoms. The zero-order valence-electron chi connectivity index (χ0n) is 23.9. The zero-order chi connectivity index (χ0) is 28.0. The van der Waals surface area contributed by atoms with Crippen LogP contribution in [0.5, 0.6) is 0 Å². The maximum absolute atomic E-state index is 13.9. The lowest BCUT2D eigenvalue weighted by atomic mass is 10.1. The maximum atomic E-state index is 13.9. The van der Waals surface area contributed by atoms with Gasteiger partial charge in [-0.05, 0) is 52.9 Å². The van der Waals surface area contributed by atoms with E-state index in [2.05, 4.69) is 35.9 Å². The number of thiophene rings is 1. The summed E-state index contributed by atoms with van der Waals surface area (Å²) in [5.74, 6) is 1.08. The van der Waals surface area contributed by atoms with Crippen molar-refractivity contribution >= 4 is 34.9 Å². The van der Waals surface area contributed by atoms with Crippen molar-refractivity contribution in [3.63, 3.8) is 0 Å². The Morgan fingerprint density at radius 3 is 2.23 bits per heavy atom. The van der Waals surface area contributed by atoms with Crippen LogP contribution in [-0.4, -0.2) is 46.5 Å². The van der Waals surface area contributed by atoms with Crippen LogP contribution >= 0.6 is 23.1 Å². The molecule has 4 rings (SSSR count). The van der Waals surface area contributed by atoms with Gasteiger partial charge in [0, 0.05) is 30.8 Å². The standard InChI is InChI=1S/C34H44N2O2S2/c1-2-3-4-5-6-7-8-15-20-32(37)35(23-21-28-22-24-39-26-28)25-31-27-40-34(30-18-13-10-14-19-30)36(31)33(38)29-16-11-9-12-17-29/h9-14,16-19,22,24,26,31,34H,2-8,15,20-21,23,25,27H2,1H3/t31-,34?/m1/s1. The third kappa shape index (κ3) is 8.97. The third-order valence-electron chi connectivity index (χ3n) is 7.71. The largest absolute Gasteiger partial charge is 0.340 e. The summed E-state index contributed by atoms with van der Waals surface area (Å²) in [6, 6.07) is 22.0. The number of hydrogen-bond acceptors (Lipinski definition) is 4. The lowest BCUT2D eigenvalue weighted by Crippen LogP contribution is -2.47. The van der Waals surface area contributed by atoms with Crippen LogP contribution < -0.4 is 0 Å². The highest BCUT2D eigenvalue weighted by Crippen LogP contribution is 2.42. The van der Waals surface area contributed by atoms with Gasteiger partial charge in [0.1, 0.15) is 5.37 Å². The predicted octanol–water partition coefficient (Wildman–Crippen LogP) is 8.61. The van der Waals surface area contributed by atoms with Crippen LogP contribution in [0.3, 0.4) is 0 Å². The van der Waals surface area contributed by atoms with Gasteiger partial charge in [-0.2, -0.15) is 11.3 Å². The van der Waals surface area contributed by atoms with Gasteiger partial charge in [0.25, 0.3) is 5.91 Å². The summed E-state index contributed by atoms with van der Waals surface area (Å²) >= 11 is 3.50. The second kappa shape index (κ2) is 16.6. The fourth-order valence-corrected chi connectivity index (χ4v) is 7.56. The number of unbranched alkanes of at least 4 members (excludes halogenated alkanes) is 7. The third-order valence-corrected chi connectivity index (χ3v) is 9.84. The number of hydrogen-bond donors (Lipinski definition) is 0. The first-order valence-electron chi connectivity index (χ1n) is 15.0. The molecule has 40 heavy (non-hydrogen) atoms. The molecule has 1 aliphatic rings. The Balaban J connectivity index is 1.44. The monoisotopic (exact) mass is 576 g/mol. The van der Waals surface area contributed by atoms with Gasteiger partial charge in [0.2, 0.25) is 5.91 Å². The van der Waals surface area contributed by atoms with Gasteiger partial charge < -0.3 is 9.80 Å². The van der Waals surface area contributed by atoms with Crippen molar-refractivity contribution in [3.8, 4) is 0 Å². The molecule has 3 aromatic rings. The first-order valence-corrected chi connectivity index (χ1v) is 17.0. The summed E-state index contributed by atoms with van der Waals surface area (Å²) in [7, 11) is 0. The highest BCUT2D eigenvalue weighted by Gasteiger charge is 2.40. The first-order chi connectivity index (χ1) is 19.7. The van der Waals surface area contributed by atoms with Crippen molar-refractivity contribution < 1.29 is 9.59 Å². The average Bonchev–Trinajstić information content (AvgIpc) is 3.67. The van der Waals surface area contributed by atoms with Crippen LogP contribution in [0, 0.1) is 0 Å². The molecular weight excluding hydrogens is 533 g/mol. The summed E-state index contributed by atoms with van der Waals surface area (Å²) in [6.07, 6.45) is 11.2. The number of thioether (sulfide) groups is 1. The number of nitrogens with zero attached hydrogens (tertiary/aromatic N) is 2. The van der Waals surface area contributed by atoms with Crippen molar-refractivity contribution in [2.45, 2.75) is 82.5 Å². The molecule has 2 atom stereocenters. The number of carbonyl (C=O) groups is 2. The Bertz CT molecular complexity index is 1140. The zero-order valence-corrected chi connectivity index (χ0v) is 25.5. The number of carbonyl (C=O) groups excluding carboxylic acids is 2. The molecule has 1 aromatic heterocycles. The van der Waals surface area contributed by atoms with Crippen molar-refractivity contribution in [2.75, 3.05) is 18.8 Å². The summed E-state index contributed by atoms with van der Waals surface area (Å²) < 4.78 is 0. The molecule has 1 fully saturated rings. The molecule has 1 aliphatic heterocycles. The lowest BCUT2D eigenvalue weighted by molar-refractivity contribution is -0.132. The summed E-state index contributed by atoms with van der Waals surface area (Å²) in [4.78, 5) is 31.5. The van der Waals surface area contributed by atoms with Gasteiger partial charge in [-0.25, -0.2) is 0 Å². The summed E-state index contributed by atoms with van der Waals surface area (Å²) in [5.41, 5.74) is 3.11. The first kappa shape index (κ1) is 30.4. The molecule has 0 aliphatic carbocycles. The van der Waals surface area contributed by atoms with Crippen LogP contribution in [-0.2, 0) is 11.2 Å². The number of amides is 2. The quantitative estimate of drug-likeness (QED) is 0.160. The molecule has 2 aromatic carbocycles. The minimum atomic E-state index is -0.0551. The van der Waals surface area contributed by atoms with E-state index in [4.69, 9.17) is 0 Å². The Hall–Kier alpha value is -2.57. The van der Waals surface area contributed by atoms with Crippen LogP contribution in [0.4, 0.5) is 0 Å². The normalized spacial score (nSPS) is 16.8. The van der Waals surface area contributed by atoms with Crippen LogP contribution in [0.2, 0.25) is 0 Å². The lowest BCUT2D eigenvalue weighted by Gasteiger charge is -2.33. The van der Waals surface area contributed by atoms with Gasteiger partial charge in [0.05, 0.1) is 6.04 Å². The molecule has 0 saturated carbocycles.